The van der Waals surface area contributed by atoms with Gasteiger partial charge in [-0.05, 0) is 55.1 Å². The number of pyridine rings is 1. The summed E-state index contributed by atoms with van der Waals surface area (Å²) in [7, 11) is 0. The van der Waals surface area contributed by atoms with Crippen molar-refractivity contribution < 1.29 is 5.11 Å². The predicted molar refractivity (Wildman–Crippen MR) is 83.2 cm³/mol. The molecule has 3 atom stereocenters. The Kier molecular flexibility index (Phi) is 3.26. The summed E-state index contributed by atoms with van der Waals surface area (Å²) in [6, 6.07) is 2.21. The molecule has 0 spiro atoms. The smallest absolute Gasteiger partial charge is 0.0992 e. The van der Waals surface area contributed by atoms with Crippen LogP contribution in [0.15, 0.2) is 24.8 Å². The number of imidazole rings is 1. The van der Waals surface area contributed by atoms with Gasteiger partial charge in [-0.2, -0.15) is 0 Å². The molecule has 0 radical (unpaired) electrons. The third-order valence-corrected chi connectivity index (χ3v) is 5.40. The highest BCUT2D eigenvalue weighted by Crippen LogP contribution is 2.47. The molecule has 2 heterocycles. The number of aliphatic hydroxyl groups is 1. The van der Waals surface area contributed by atoms with Gasteiger partial charge in [0.1, 0.15) is 0 Å². The number of aliphatic hydroxyl groups excluding tert-OH is 1. The van der Waals surface area contributed by atoms with Crippen LogP contribution in [-0.4, -0.2) is 14.5 Å². The number of fused-ring (bicyclic) bond motifs is 1. The largest absolute Gasteiger partial charge is 0.388 e. The number of nitrogens with zero attached hydrogens (tertiary/aromatic N) is 2. The van der Waals surface area contributed by atoms with Crippen molar-refractivity contribution in [2.24, 2.45) is 11.8 Å². The summed E-state index contributed by atoms with van der Waals surface area (Å²) in [5, 5.41) is 11.1. The summed E-state index contributed by atoms with van der Waals surface area (Å²) in [6.07, 6.45) is 12.9. The lowest BCUT2D eigenvalue weighted by atomic mass is 9.77. The van der Waals surface area contributed by atoms with Crippen LogP contribution in [-0.2, 0) is 0 Å². The third-order valence-electron chi connectivity index (χ3n) is 5.40. The SMILES string of the molecule is CC1CCCC(C(O)c2c(C3CC3)ccn3cncc23)C1. The fourth-order valence-electron chi connectivity index (χ4n) is 4.11. The van der Waals surface area contributed by atoms with Crippen LogP contribution in [0.25, 0.3) is 5.52 Å². The Bertz CT molecular complexity index is 644. The van der Waals surface area contributed by atoms with Crippen LogP contribution < -0.4 is 0 Å². The zero-order valence-electron chi connectivity index (χ0n) is 12.7. The van der Waals surface area contributed by atoms with E-state index in [1.165, 1.54) is 31.2 Å². The molecule has 3 unspecified atom stereocenters. The first-order chi connectivity index (χ1) is 10.2. The van der Waals surface area contributed by atoms with Crippen LogP contribution in [0.3, 0.4) is 0 Å². The molecule has 0 aliphatic heterocycles. The molecule has 2 saturated carbocycles. The van der Waals surface area contributed by atoms with Gasteiger partial charge in [0.05, 0.1) is 24.1 Å². The van der Waals surface area contributed by atoms with Gasteiger partial charge in [0.15, 0.2) is 0 Å². The Morgan fingerprint density at radius 1 is 1.29 bits per heavy atom. The quantitative estimate of drug-likeness (QED) is 0.922. The van der Waals surface area contributed by atoms with Gasteiger partial charge in [0.25, 0.3) is 0 Å². The fourth-order valence-corrected chi connectivity index (χ4v) is 4.11. The number of rotatable bonds is 3. The highest BCUT2D eigenvalue weighted by atomic mass is 16.3. The van der Waals surface area contributed by atoms with Crippen LogP contribution >= 0.6 is 0 Å². The minimum Gasteiger partial charge on any atom is -0.388 e. The maximum absolute atomic E-state index is 11.1. The van der Waals surface area contributed by atoms with Crippen molar-refractivity contribution in [1.82, 2.24) is 9.38 Å². The maximum Gasteiger partial charge on any atom is 0.0992 e. The zero-order valence-corrected chi connectivity index (χ0v) is 12.7. The first-order valence-electron chi connectivity index (χ1n) is 8.36. The van der Waals surface area contributed by atoms with Crippen molar-refractivity contribution >= 4 is 5.52 Å². The average molecular weight is 284 g/mol. The number of hydrogen-bond acceptors (Lipinski definition) is 2. The molecular weight excluding hydrogens is 260 g/mol. The lowest BCUT2D eigenvalue weighted by Gasteiger charge is -2.32. The number of hydrogen-bond donors (Lipinski definition) is 1. The molecule has 21 heavy (non-hydrogen) atoms. The van der Waals surface area contributed by atoms with Crippen LogP contribution in [0.1, 0.15) is 68.6 Å². The molecule has 2 aliphatic rings. The van der Waals surface area contributed by atoms with Crippen molar-refractivity contribution in [2.75, 3.05) is 0 Å². The molecule has 0 amide bonds. The molecule has 0 aromatic carbocycles. The summed E-state index contributed by atoms with van der Waals surface area (Å²) >= 11 is 0. The Balaban J connectivity index is 1.76. The normalized spacial score (nSPS) is 27.9. The summed E-state index contributed by atoms with van der Waals surface area (Å²) in [4.78, 5) is 4.28. The van der Waals surface area contributed by atoms with Gasteiger partial charge in [-0.15, -0.1) is 0 Å². The molecule has 0 saturated heterocycles. The monoisotopic (exact) mass is 284 g/mol. The standard InChI is InChI=1S/C18H24N2O/c1-12-3-2-4-14(9-12)18(21)17-15(13-5-6-13)7-8-20-11-19-10-16(17)20/h7-8,10-14,18,21H,2-6,9H2,1H3. The van der Waals surface area contributed by atoms with E-state index >= 15 is 0 Å². The third kappa shape index (κ3) is 2.38. The van der Waals surface area contributed by atoms with E-state index in [-0.39, 0.29) is 6.10 Å². The van der Waals surface area contributed by atoms with Gasteiger partial charge in [-0.25, -0.2) is 4.98 Å². The second-order valence-electron chi connectivity index (χ2n) is 7.12. The average Bonchev–Trinajstić information content (AvgIpc) is 3.22. The lowest BCUT2D eigenvalue weighted by molar-refractivity contribution is 0.0716. The van der Waals surface area contributed by atoms with E-state index in [1.807, 2.05) is 12.5 Å². The molecule has 4 rings (SSSR count). The van der Waals surface area contributed by atoms with E-state index < -0.39 is 0 Å². The Morgan fingerprint density at radius 3 is 2.90 bits per heavy atom. The molecule has 2 aliphatic carbocycles. The van der Waals surface area contributed by atoms with Crippen LogP contribution in [0.4, 0.5) is 0 Å². The first kappa shape index (κ1) is 13.3. The van der Waals surface area contributed by atoms with E-state index in [0.29, 0.717) is 11.8 Å². The highest BCUT2D eigenvalue weighted by molar-refractivity contribution is 5.59. The summed E-state index contributed by atoms with van der Waals surface area (Å²) in [6.45, 7) is 2.32. The number of aromatic nitrogens is 2. The zero-order chi connectivity index (χ0) is 14.4. The van der Waals surface area contributed by atoms with Gasteiger partial charge in [-0.3, -0.25) is 0 Å². The fraction of sp³-hybridized carbons (Fsp3) is 0.611. The van der Waals surface area contributed by atoms with Crippen LogP contribution in [0.5, 0.6) is 0 Å². The predicted octanol–water partition coefficient (Wildman–Crippen LogP) is 4.07. The van der Waals surface area contributed by atoms with E-state index in [9.17, 15) is 5.11 Å². The minimum absolute atomic E-state index is 0.330. The van der Waals surface area contributed by atoms with Crippen LogP contribution in [0, 0.1) is 11.8 Å². The molecule has 1 N–H and O–H groups in total. The van der Waals surface area contributed by atoms with Gasteiger partial charge in [0.2, 0.25) is 0 Å². The minimum atomic E-state index is -0.330. The maximum atomic E-state index is 11.1. The van der Waals surface area contributed by atoms with Crippen molar-refractivity contribution in [3.05, 3.63) is 35.9 Å². The molecule has 112 valence electrons. The van der Waals surface area contributed by atoms with Gasteiger partial charge < -0.3 is 9.51 Å². The molecule has 2 aromatic rings. The Morgan fingerprint density at radius 2 is 2.14 bits per heavy atom. The van der Waals surface area contributed by atoms with E-state index in [0.717, 1.165) is 29.8 Å². The van der Waals surface area contributed by atoms with Crippen molar-refractivity contribution in [3.8, 4) is 0 Å². The second kappa shape index (κ2) is 5.13. The molecule has 3 nitrogen and oxygen atoms in total. The van der Waals surface area contributed by atoms with Crippen molar-refractivity contribution in [2.45, 2.75) is 57.5 Å². The van der Waals surface area contributed by atoms with E-state index in [2.05, 4.69) is 28.6 Å². The van der Waals surface area contributed by atoms with E-state index in [1.54, 1.807) is 0 Å². The molecule has 3 heteroatoms. The van der Waals surface area contributed by atoms with Crippen molar-refractivity contribution in [3.63, 3.8) is 0 Å². The first-order valence-corrected chi connectivity index (χ1v) is 8.36. The summed E-state index contributed by atoms with van der Waals surface area (Å²) in [5.74, 6) is 1.82. The topological polar surface area (TPSA) is 37.5 Å². The van der Waals surface area contributed by atoms with Crippen molar-refractivity contribution in [1.29, 1.82) is 0 Å². The molecule has 2 fully saturated rings. The van der Waals surface area contributed by atoms with Gasteiger partial charge in [-0.1, -0.05) is 19.8 Å². The molecule has 0 bridgehead atoms. The molecule has 2 aromatic heterocycles. The summed E-state index contributed by atoms with van der Waals surface area (Å²) < 4.78 is 2.05. The molecular formula is C18H24N2O. The highest BCUT2D eigenvalue weighted by Gasteiger charge is 2.33. The van der Waals surface area contributed by atoms with Crippen LogP contribution in [0.2, 0.25) is 0 Å². The van der Waals surface area contributed by atoms with E-state index in [4.69, 9.17) is 0 Å². The summed E-state index contributed by atoms with van der Waals surface area (Å²) in [5.41, 5.74) is 3.63. The lowest BCUT2D eigenvalue weighted by Crippen LogP contribution is -2.21. The second-order valence-corrected chi connectivity index (χ2v) is 7.12. The van der Waals surface area contributed by atoms with Gasteiger partial charge in [0, 0.05) is 11.8 Å². The Hall–Kier alpha value is -1.35. The van der Waals surface area contributed by atoms with Gasteiger partial charge >= 0.3 is 0 Å². The Labute approximate surface area is 126 Å².